The first-order chi connectivity index (χ1) is 8.02. The van der Waals surface area contributed by atoms with Crippen LogP contribution in [0, 0.1) is 5.82 Å². The number of hydrogen-bond acceptors (Lipinski definition) is 3. The van der Waals surface area contributed by atoms with Crippen molar-refractivity contribution < 1.29 is 19.1 Å². The highest BCUT2D eigenvalue weighted by molar-refractivity contribution is 5.83. The predicted octanol–water partition coefficient (Wildman–Crippen LogP) is 0.463. The van der Waals surface area contributed by atoms with Crippen molar-refractivity contribution in [2.45, 2.75) is 0 Å². The zero-order chi connectivity index (χ0) is 12.8. The van der Waals surface area contributed by atoms with E-state index in [-0.39, 0.29) is 19.0 Å². The summed E-state index contributed by atoms with van der Waals surface area (Å²) in [4.78, 5) is 23.2. The smallest absolute Gasteiger partial charge is 0.323 e. The Kier molecular flexibility index (Phi) is 4.45. The molecule has 1 aromatic carbocycles. The highest BCUT2D eigenvalue weighted by Crippen LogP contribution is 2.14. The van der Waals surface area contributed by atoms with Gasteiger partial charge in [-0.15, -0.1) is 0 Å². The summed E-state index contributed by atoms with van der Waals surface area (Å²) in [6.07, 6.45) is 0. The topological polar surface area (TPSA) is 69.6 Å². The minimum absolute atomic E-state index is 0.133. The van der Waals surface area contributed by atoms with Crippen LogP contribution in [-0.2, 0) is 9.59 Å². The third kappa shape index (κ3) is 4.10. The van der Waals surface area contributed by atoms with E-state index >= 15 is 0 Å². The Bertz CT molecular complexity index is 423. The third-order valence-electron chi connectivity index (χ3n) is 2.11. The summed E-state index contributed by atoms with van der Waals surface area (Å²) in [5.74, 6) is -1.90. The summed E-state index contributed by atoms with van der Waals surface area (Å²) in [6, 6.07) is 5.45. The normalized spacial score (nSPS) is 9.76. The minimum Gasteiger partial charge on any atom is -0.480 e. The summed E-state index contributed by atoms with van der Waals surface area (Å²) in [5, 5.41) is 11.1. The van der Waals surface area contributed by atoms with E-state index in [0.717, 1.165) is 0 Å². The molecule has 1 amide bonds. The second-order valence-corrected chi connectivity index (χ2v) is 3.40. The fraction of sp³-hybridized carbons (Fsp3) is 0.273. The van der Waals surface area contributed by atoms with Crippen LogP contribution in [0.25, 0.3) is 0 Å². The lowest BCUT2D eigenvalue weighted by atomic mass is 10.2. The summed E-state index contributed by atoms with van der Waals surface area (Å²) >= 11 is 0. The molecule has 0 saturated heterocycles. The molecule has 0 saturated carbocycles. The van der Waals surface area contributed by atoms with E-state index in [0.29, 0.717) is 5.69 Å². The molecule has 0 aliphatic rings. The van der Waals surface area contributed by atoms with E-state index in [9.17, 15) is 14.0 Å². The van der Waals surface area contributed by atoms with Crippen molar-refractivity contribution in [3.05, 3.63) is 30.1 Å². The van der Waals surface area contributed by atoms with E-state index in [1.54, 1.807) is 6.07 Å². The molecular formula is C11H13FN2O3. The number of rotatable bonds is 5. The zero-order valence-corrected chi connectivity index (χ0v) is 9.31. The molecule has 17 heavy (non-hydrogen) atoms. The Morgan fingerprint density at radius 3 is 2.65 bits per heavy atom. The van der Waals surface area contributed by atoms with E-state index in [4.69, 9.17) is 5.11 Å². The Morgan fingerprint density at radius 2 is 2.12 bits per heavy atom. The van der Waals surface area contributed by atoms with Gasteiger partial charge in [-0.1, -0.05) is 6.07 Å². The monoisotopic (exact) mass is 240 g/mol. The third-order valence-corrected chi connectivity index (χ3v) is 2.11. The van der Waals surface area contributed by atoms with Crippen LogP contribution in [0.15, 0.2) is 24.3 Å². The molecule has 1 aromatic rings. The highest BCUT2D eigenvalue weighted by atomic mass is 19.1. The average molecular weight is 240 g/mol. The molecule has 6 heteroatoms. The predicted molar refractivity (Wildman–Crippen MR) is 60.3 cm³/mol. The Hall–Kier alpha value is -2.11. The number of halogens is 1. The van der Waals surface area contributed by atoms with Gasteiger partial charge in [-0.2, -0.15) is 0 Å². The van der Waals surface area contributed by atoms with E-state index in [1.165, 1.54) is 30.1 Å². The van der Waals surface area contributed by atoms with Gasteiger partial charge in [0.25, 0.3) is 0 Å². The number of nitrogens with one attached hydrogen (secondary N) is 1. The van der Waals surface area contributed by atoms with Gasteiger partial charge in [0, 0.05) is 12.7 Å². The van der Waals surface area contributed by atoms with Crippen LogP contribution in [0.5, 0.6) is 0 Å². The van der Waals surface area contributed by atoms with Crippen LogP contribution in [-0.4, -0.2) is 37.1 Å². The molecule has 0 fully saturated rings. The Morgan fingerprint density at radius 1 is 1.41 bits per heavy atom. The van der Waals surface area contributed by atoms with Gasteiger partial charge < -0.3 is 15.3 Å². The molecular weight excluding hydrogens is 227 g/mol. The van der Waals surface area contributed by atoms with Gasteiger partial charge >= 0.3 is 5.97 Å². The lowest BCUT2D eigenvalue weighted by molar-refractivity contribution is -0.135. The average Bonchev–Trinajstić information content (AvgIpc) is 2.27. The van der Waals surface area contributed by atoms with Crippen LogP contribution in [0.1, 0.15) is 0 Å². The molecule has 0 unspecified atom stereocenters. The summed E-state index contributed by atoms with van der Waals surface area (Å²) < 4.78 is 13.0. The lowest BCUT2D eigenvalue weighted by Crippen LogP contribution is -2.38. The van der Waals surface area contributed by atoms with Crippen LogP contribution >= 0.6 is 0 Å². The highest BCUT2D eigenvalue weighted by Gasteiger charge is 2.14. The molecule has 0 heterocycles. The Balaban J connectivity index is 2.89. The zero-order valence-electron chi connectivity index (χ0n) is 9.31. The van der Waals surface area contributed by atoms with Gasteiger partial charge in [-0.25, -0.2) is 4.39 Å². The first-order valence-electron chi connectivity index (χ1n) is 4.96. The molecule has 0 spiro atoms. The maximum absolute atomic E-state index is 13.0. The molecule has 0 radical (unpaired) electrons. The fourth-order valence-corrected chi connectivity index (χ4v) is 1.33. The number of amides is 1. The van der Waals surface area contributed by atoms with Crippen LogP contribution in [0.4, 0.5) is 10.1 Å². The maximum atomic E-state index is 13.0. The van der Waals surface area contributed by atoms with Gasteiger partial charge in [0.05, 0.1) is 6.54 Å². The standard InChI is InChI=1S/C11H13FN2O3/c1-13-10(15)6-14(7-11(16)17)9-4-2-3-8(12)5-9/h2-5H,6-7H2,1H3,(H,13,15)(H,16,17). The summed E-state index contributed by atoms with van der Waals surface area (Å²) in [5.41, 5.74) is 0.357. The number of anilines is 1. The van der Waals surface area contributed by atoms with Crippen LogP contribution in [0.2, 0.25) is 0 Å². The van der Waals surface area contributed by atoms with Gasteiger partial charge in [-0.3, -0.25) is 9.59 Å². The quantitative estimate of drug-likeness (QED) is 0.784. The molecule has 0 atom stereocenters. The van der Waals surface area contributed by atoms with Crippen LogP contribution < -0.4 is 10.2 Å². The minimum atomic E-state index is -1.09. The number of aliphatic carboxylic acids is 1. The molecule has 0 aromatic heterocycles. The fourth-order valence-electron chi connectivity index (χ4n) is 1.33. The molecule has 0 bridgehead atoms. The number of likely N-dealkylation sites (N-methyl/N-ethyl adjacent to an activating group) is 1. The molecule has 92 valence electrons. The van der Waals surface area contributed by atoms with Crippen molar-refractivity contribution in [3.8, 4) is 0 Å². The van der Waals surface area contributed by atoms with Crippen molar-refractivity contribution in [2.24, 2.45) is 0 Å². The molecule has 2 N–H and O–H groups in total. The number of carboxylic acids is 1. The number of hydrogen-bond donors (Lipinski definition) is 2. The first kappa shape index (κ1) is 13.0. The van der Waals surface area contributed by atoms with Gasteiger partial charge in [0.2, 0.25) is 5.91 Å². The van der Waals surface area contributed by atoms with Crippen LogP contribution in [0.3, 0.4) is 0 Å². The number of carbonyl (C=O) groups is 2. The number of carboxylic acid groups (broad SMARTS) is 1. The first-order valence-corrected chi connectivity index (χ1v) is 4.96. The van der Waals surface area contributed by atoms with Crippen molar-refractivity contribution in [1.29, 1.82) is 0 Å². The van der Waals surface area contributed by atoms with Gasteiger partial charge in [-0.05, 0) is 18.2 Å². The second-order valence-electron chi connectivity index (χ2n) is 3.40. The summed E-state index contributed by atoms with van der Waals surface area (Å²) in [7, 11) is 1.45. The second kappa shape index (κ2) is 5.83. The molecule has 0 aliphatic carbocycles. The van der Waals surface area contributed by atoms with Crippen molar-refractivity contribution in [1.82, 2.24) is 5.32 Å². The van der Waals surface area contributed by atoms with Gasteiger partial charge in [0.1, 0.15) is 12.4 Å². The lowest BCUT2D eigenvalue weighted by Gasteiger charge is -2.21. The van der Waals surface area contributed by atoms with E-state index in [1.807, 2.05) is 0 Å². The largest absolute Gasteiger partial charge is 0.480 e. The number of carbonyl (C=O) groups excluding carboxylic acids is 1. The maximum Gasteiger partial charge on any atom is 0.323 e. The van der Waals surface area contributed by atoms with Gasteiger partial charge in [0.15, 0.2) is 0 Å². The number of nitrogens with zero attached hydrogens (tertiary/aromatic N) is 1. The van der Waals surface area contributed by atoms with E-state index in [2.05, 4.69) is 5.32 Å². The molecule has 0 aliphatic heterocycles. The Labute approximate surface area is 97.8 Å². The SMILES string of the molecule is CNC(=O)CN(CC(=O)O)c1cccc(F)c1. The molecule has 5 nitrogen and oxygen atoms in total. The molecule has 1 rings (SSSR count). The van der Waals surface area contributed by atoms with Crippen molar-refractivity contribution >= 4 is 17.6 Å². The number of benzene rings is 1. The summed E-state index contributed by atoms with van der Waals surface area (Å²) in [6.45, 7) is -0.497. The van der Waals surface area contributed by atoms with Crippen molar-refractivity contribution in [2.75, 3.05) is 25.0 Å². The van der Waals surface area contributed by atoms with Crippen molar-refractivity contribution in [3.63, 3.8) is 0 Å². The van der Waals surface area contributed by atoms with E-state index < -0.39 is 11.8 Å².